The highest BCUT2D eigenvalue weighted by Gasteiger charge is 2.09. The summed E-state index contributed by atoms with van der Waals surface area (Å²) in [6.45, 7) is 2.25. The Bertz CT molecular complexity index is 399. The topological polar surface area (TPSA) is 77.8 Å². The smallest absolute Gasteiger partial charge is 0.303 e. The maximum Gasteiger partial charge on any atom is 0.303 e. The van der Waals surface area contributed by atoms with Crippen LogP contribution in [-0.2, 0) is 4.79 Å². The van der Waals surface area contributed by atoms with Gasteiger partial charge in [-0.1, -0.05) is 129 Å². The molecule has 33 heavy (non-hydrogen) atoms. The lowest BCUT2D eigenvalue weighted by molar-refractivity contribution is -0.137. The van der Waals surface area contributed by atoms with Gasteiger partial charge in [-0.2, -0.15) is 0 Å². The Kier molecular flexibility index (Phi) is 25.5. The summed E-state index contributed by atoms with van der Waals surface area (Å²) in [4.78, 5) is 10.4. The third-order valence-electron chi connectivity index (χ3n) is 6.90. The molecule has 0 aliphatic rings. The minimum absolute atomic E-state index is 0.232. The molecule has 0 aliphatic carbocycles. The Labute approximate surface area is 206 Å². The van der Waals surface area contributed by atoms with Crippen molar-refractivity contribution in [2.45, 2.75) is 180 Å². The Hall–Kier alpha value is -0.610. The van der Waals surface area contributed by atoms with E-state index in [9.17, 15) is 15.0 Å². The summed E-state index contributed by atoms with van der Waals surface area (Å²) < 4.78 is 0. The summed E-state index contributed by atoms with van der Waals surface area (Å²) in [6.07, 6.45) is 27.9. The van der Waals surface area contributed by atoms with Gasteiger partial charge in [-0.25, -0.2) is 0 Å². The van der Waals surface area contributed by atoms with E-state index in [-0.39, 0.29) is 12.2 Å². The van der Waals surface area contributed by atoms with Gasteiger partial charge in [-0.15, -0.1) is 0 Å². The SMILES string of the molecule is CCCCCCCCCCC(O)CCC(O)CCCCCCCCCCCCCCC(=O)O. The highest BCUT2D eigenvalue weighted by Crippen LogP contribution is 2.16. The quantitative estimate of drug-likeness (QED) is 0.105. The molecule has 0 aromatic carbocycles. The summed E-state index contributed by atoms with van der Waals surface area (Å²) in [5, 5.41) is 28.9. The van der Waals surface area contributed by atoms with Crippen LogP contribution in [0.5, 0.6) is 0 Å². The Morgan fingerprint density at radius 2 is 0.788 bits per heavy atom. The molecule has 4 heteroatoms. The summed E-state index contributed by atoms with van der Waals surface area (Å²) in [7, 11) is 0. The summed E-state index contributed by atoms with van der Waals surface area (Å²) in [6, 6.07) is 0. The van der Waals surface area contributed by atoms with Crippen molar-refractivity contribution in [2.24, 2.45) is 0 Å². The van der Waals surface area contributed by atoms with Crippen molar-refractivity contribution < 1.29 is 20.1 Å². The van der Waals surface area contributed by atoms with Gasteiger partial charge in [0.2, 0.25) is 0 Å². The van der Waals surface area contributed by atoms with Gasteiger partial charge in [0, 0.05) is 6.42 Å². The molecule has 0 aromatic rings. The third kappa shape index (κ3) is 27.5. The van der Waals surface area contributed by atoms with E-state index in [1.54, 1.807) is 0 Å². The minimum Gasteiger partial charge on any atom is -0.481 e. The number of aliphatic carboxylic acids is 1. The fourth-order valence-electron chi connectivity index (χ4n) is 4.61. The highest BCUT2D eigenvalue weighted by molar-refractivity contribution is 5.66. The van der Waals surface area contributed by atoms with Crippen LogP contribution in [0.4, 0.5) is 0 Å². The van der Waals surface area contributed by atoms with Crippen LogP contribution >= 0.6 is 0 Å². The van der Waals surface area contributed by atoms with Gasteiger partial charge < -0.3 is 15.3 Å². The number of aliphatic hydroxyl groups is 2. The van der Waals surface area contributed by atoms with Crippen LogP contribution in [-0.4, -0.2) is 33.5 Å². The molecule has 3 N–H and O–H groups in total. The standard InChI is InChI=1S/C29H58O4/c1-2-3-4-5-6-13-16-19-22-27(30)25-26-28(31)23-20-17-14-11-9-7-8-10-12-15-18-21-24-29(32)33/h27-28,30-31H,2-26H2,1H3,(H,32,33). The fraction of sp³-hybridized carbons (Fsp3) is 0.966. The summed E-state index contributed by atoms with van der Waals surface area (Å²) >= 11 is 0. The van der Waals surface area contributed by atoms with Crippen molar-refractivity contribution in [3.05, 3.63) is 0 Å². The first kappa shape index (κ1) is 32.4. The third-order valence-corrected chi connectivity index (χ3v) is 6.90. The zero-order valence-electron chi connectivity index (χ0n) is 22.1. The number of hydrogen-bond donors (Lipinski definition) is 3. The lowest BCUT2D eigenvalue weighted by Gasteiger charge is -2.14. The second-order valence-corrected chi connectivity index (χ2v) is 10.3. The van der Waals surface area contributed by atoms with Crippen molar-refractivity contribution in [1.29, 1.82) is 0 Å². The van der Waals surface area contributed by atoms with E-state index in [0.29, 0.717) is 6.42 Å². The van der Waals surface area contributed by atoms with Gasteiger partial charge in [0.15, 0.2) is 0 Å². The van der Waals surface area contributed by atoms with Crippen molar-refractivity contribution in [1.82, 2.24) is 0 Å². The summed E-state index contributed by atoms with van der Waals surface area (Å²) in [5.41, 5.74) is 0. The average molecular weight is 471 g/mol. The van der Waals surface area contributed by atoms with Crippen molar-refractivity contribution in [3.8, 4) is 0 Å². The van der Waals surface area contributed by atoms with Crippen LogP contribution in [0.15, 0.2) is 0 Å². The summed E-state index contributed by atoms with van der Waals surface area (Å²) in [5.74, 6) is -0.673. The Morgan fingerprint density at radius 1 is 0.485 bits per heavy atom. The monoisotopic (exact) mass is 470 g/mol. The zero-order valence-corrected chi connectivity index (χ0v) is 22.1. The highest BCUT2D eigenvalue weighted by atomic mass is 16.4. The molecule has 0 aromatic heterocycles. The first-order chi connectivity index (χ1) is 16.1. The van der Waals surface area contributed by atoms with E-state index in [0.717, 1.165) is 51.4 Å². The number of rotatable bonds is 27. The molecule has 0 saturated heterocycles. The molecule has 198 valence electrons. The Balaban J connectivity index is 3.27. The molecule has 2 unspecified atom stereocenters. The van der Waals surface area contributed by atoms with E-state index in [2.05, 4.69) is 6.92 Å². The van der Waals surface area contributed by atoms with Crippen molar-refractivity contribution >= 4 is 5.97 Å². The van der Waals surface area contributed by atoms with E-state index < -0.39 is 5.97 Å². The minimum atomic E-state index is -0.673. The van der Waals surface area contributed by atoms with Gasteiger partial charge in [-0.3, -0.25) is 4.79 Å². The Morgan fingerprint density at radius 3 is 1.12 bits per heavy atom. The predicted octanol–water partition coefficient (Wildman–Crippen LogP) is 8.57. The van der Waals surface area contributed by atoms with Crippen LogP contribution in [0.25, 0.3) is 0 Å². The van der Waals surface area contributed by atoms with Crippen molar-refractivity contribution in [3.63, 3.8) is 0 Å². The molecule has 0 rings (SSSR count). The molecule has 2 atom stereocenters. The number of carboxylic acid groups (broad SMARTS) is 1. The molecular weight excluding hydrogens is 412 g/mol. The first-order valence-corrected chi connectivity index (χ1v) is 14.6. The van der Waals surface area contributed by atoms with Crippen LogP contribution in [0.1, 0.15) is 167 Å². The molecule has 0 amide bonds. The largest absolute Gasteiger partial charge is 0.481 e. The predicted molar refractivity (Wildman–Crippen MR) is 141 cm³/mol. The average Bonchev–Trinajstić information content (AvgIpc) is 2.79. The van der Waals surface area contributed by atoms with Crippen LogP contribution < -0.4 is 0 Å². The molecule has 0 saturated carbocycles. The molecule has 0 fully saturated rings. The normalized spacial score (nSPS) is 13.3. The fourth-order valence-corrected chi connectivity index (χ4v) is 4.61. The van der Waals surface area contributed by atoms with E-state index in [4.69, 9.17) is 5.11 Å². The van der Waals surface area contributed by atoms with E-state index >= 15 is 0 Å². The maximum absolute atomic E-state index is 10.4. The molecule has 0 radical (unpaired) electrons. The molecule has 4 nitrogen and oxygen atoms in total. The van der Waals surface area contributed by atoms with Crippen molar-refractivity contribution in [2.75, 3.05) is 0 Å². The molecule has 0 bridgehead atoms. The van der Waals surface area contributed by atoms with Gasteiger partial charge in [0.05, 0.1) is 12.2 Å². The number of aliphatic hydroxyl groups excluding tert-OH is 2. The van der Waals surface area contributed by atoms with Crippen LogP contribution in [0.2, 0.25) is 0 Å². The van der Waals surface area contributed by atoms with Crippen LogP contribution in [0, 0.1) is 0 Å². The maximum atomic E-state index is 10.4. The molecule has 0 spiro atoms. The second kappa shape index (κ2) is 26.0. The number of carboxylic acids is 1. The van der Waals surface area contributed by atoms with Gasteiger partial charge in [-0.05, 0) is 32.1 Å². The first-order valence-electron chi connectivity index (χ1n) is 14.6. The molecular formula is C29H58O4. The number of carbonyl (C=O) groups is 1. The zero-order chi connectivity index (χ0) is 24.4. The van der Waals surface area contributed by atoms with Gasteiger partial charge in [0.1, 0.15) is 0 Å². The van der Waals surface area contributed by atoms with Gasteiger partial charge in [0.25, 0.3) is 0 Å². The lowest BCUT2D eigenvalue weighted by atomic mass is 9.99. The number of unbranched alkanes of at least 4 members (excludes halogenated alkanes) is 18. The lowest BCUT2D eigenvalue weighted by Crippen LogP contribution is -2.13. The molecule has 0 heterocycles. The second-order valence-electron chi connectivity index (χ2n) is 10.3. The van der Waals surface area contributed by atoms with Crippen LogP contribution in [0.3, 0.4) is 0 Å². The number of hydrogen-bond acceptors (Lipinski definition) is 3. The van der Waals surface area contributed by atoms with E-state index in [1.807, 2.05) is 0 Å². The molecule has 0 aliphatic heterocycles. The van der Waals surface area contributed by atoms with Gasteiger partial charge >= 0.3 is 5.97 Å². The van der Waals surface area contributed by atoms with E-state index in [1.165, 1.54) is 103 Å².